The molecule has 0 atom stereocenters. The van der Waals surface area contributed by atoms with E-state index in [1.807, 2.05) is 19.1 Å². The fraction of sp³-hybridized carbons (Fsp3) is 0.143. The third kappa shape index (κ3) is 5.26. The molecule has 0 bridgehead atoms. The van der Waals surface area contributed by atoms with Gasteiger partial charge in [-0.25, -0.2) is 0 Å². The lowest BCUT2D eigenvalue weighted by atomic mass is 10.2. The van der Waals surface area contributed by atoms with Crippen LogP contribution in [0.25, 0.3) is 6.08 Å². The Kier molecular flexibility index (Phi) is 6.53. The van der Waals surface area contributed by atoms with Crippen LogP contribution in [0, 0.1) is 6.92 Å². The number of rotatable bonds is 7. The lowest BCUT2D eigenvalue weighted by Crippen LogP contribution is -2.36. The largest absolute Gasteiger partial charge is 0.483 e. The van der Waals surface area contributed by atoms with Crippen molar-refractivity contribution in [1.82, 2.24) is 4.90 Å². The Balaban J connectivity index is 1.71. The summed E-state index contributed by atoms with van der Waals surface area (Å²) in [5, 5.41) is 2.12. The van der Waals surface area contributed by atoms with Crippen LogP contribution < -0.4 is 15.8 Å². The molecule has 1 saturated heterocycles. The average molecular weight is 425 g/mol. The molecule has 0 aliphatic carbocycles. The fourth-order valence-electron chi connectivity index (χ4n) is 2.64. The summed E-state index contributed by atoms with van der Waals surface area (Å²) in [6.45, 7) is 1.22. The van der Waals surface area contributed by atoms with E-state index in [9.17, 15) is 19.2 Å². The van der Waals surface area contributed by atoms with Gasteiger partial charge in [0.2, 0.25) is 5.91 Å². The number of hydrogen-bond donors (Lipinski definition) is 2. The molecule has 3 N–H and O–H groups in total. The summed E-state index contributed by atoms with van der Waals surface area (Å²) in [4.78, 5) is 49.2. The lowest BCUT2D eigenvalue weighted by Gasteiger charge is -2.12. The number of aryl methyl sites for hydroxylation is 1. The van der Waals surface area contributed by atoms with Gasteiger partial charge in [0, 0.05) is 11.3 Å². The second-order valence-electron chi connectivity index (χ2n) is 6.47. The molecule has 0 spiro atoms. The number of hydrogen-bond acceptors (Lipinski definition) is 6. The van der Waals surface area contributed by atoms with Gasteiger partial charge in [0.15, 0.2) is 6.61 Å². The minimum absolute atomic E-state index is 0.151. The molecule has 1 aliphatic rings. The zero-order chi connectivity index (χ0) is 21.7. The number of nitrogens with zero attached hydrogens (tertiary/aromatic N) is 1. The van der Waals surface area contributed by atoms with Crippen molar-refractivity contribution in [1.29, 1.82) is 0 Å². The number of para-hydroxylation sites is 1. The normalized spacial score (nSPS) is 14.8. The molecule has 8 nitrogen and oxygen atoms in total. The number of imide groups is 1. The van der Waals surface area contributed by atoms with E-state index >= 15 is 0 Å². The molecule has 3 rings (SSSR count). The molecular weight excluding hydrogens is 406 g/mol. The van der Waals surface area contributed by atoms with E-state index in [0.29, 0.717) is 17.0 Å². The predicted octanol–water partition coefficient (Wildman–Crippen LogP) is 2.53. The maximum Gasteiger partial charge on any atom is 0.294 e. The van der Waals surface area contributed by atoms with Gasteiger partial charge in [0.25, 0.3) is 17.1 Å². The highest BCUT2D eigenvalue weighted by Gasteiger charge is 2.36. The van der Waals surface area contributed by atoms with Gasteiger partial charge < -0.3 is 15.8 Å². The van der Waals surface area contributed by atoms with Gasteiger partial charge in [-0.2, -0.15) is 0 Å². The highest BCUT2D eigenvalue weighted by Crippen LogP contribution is 2.33. The smallest absolute Gasteiger partial charge is 0.294 e. The number of anilines is 1. The van der Waals surface area contributed by atoms with Gasteiger partial charge in [-0.05, 0) is 43.0 Å². The van der Waals surface area contributed by atoms with Crippen LogP contribution in [0.1, 0.15) is 11.1 Å². The third-order valence-corrected chi connectivity index (χ3v) is 4.99. The standard InChI is InChI=1S/C21H19N3O5S/c1-13-6-8-15(9-7-13)23-19(26)11-24-20(27)17(30-21(24)28)10-14-4-2-3-5-16(14)29-12-18(22)25/h2-10H,11-12H2,1H3,(H2,22,25)(H,23,26)/b17-10+. The molecule has 9 heteroatoms. The number of nitrogens with two attached hydrogens (primary N) is 1. The number of benzene rings is 2. The van der Waals surface area contributed by atoms with Crippen LogP contribution in [0.15, 0.2) is 53.4 Å². The average Bonchev–Trinajstić information content (AvgIpc) is 2.96. The number of amides is 4. The van der Waals surface area contributed by atoms with Gasteiger partial charge in [-0.15, -0.1) is 0 Å². The highest BCUT2D eigenvalue weighted by molar-refractivity contribution is 8.18. The summed E-state index contributed by atoms with van der Waals surface area (Å²) in [6, 6.07) is 13.9. The number of nitrogens with one attached hydrogen (secondary N) is 1. The SMILES string of the molecule is Cc1ccc(NC(=O)CN2C(=O)S/C(=C/c3ccccc3OCC(N)=O)C2=O)cc1. The topological polar surface area (TPSA) is 119 Å². The van der Waals surface area contributed by atoms with E-state index in [2.05, 4.69) is 5.32 Å². The quantitative estimate of drug-likeness (QED) is 0.658. The number of thioether (sulfide) groups is 1. The summed E-state index contributed by atoms with van der Waals surface area (Å²) in [5.41, 5.74) is 7.23. The summed E-state index contributed by atoms with van der Waals surface area (Å²) < 4.78 is 5.33. The van der Waals surface area contributed by atoms with Crippen molar-refractivity contribution < 1.29 is 23.9 Å². The third-order valence-electron chi connectivity index (χ3n) is 4.09. The second-order valence-corrected chi connectivity index (χ2v) is 7.47. The van der Waals surface area contributed by atoms with Crippen molar-refractivity contribution in [2.24, 2.45) is 5.73 Å². The van der Waals surface area contributed by atoms with Crippen molar-refractivity contribution >= 4 is 46.5 Å². The van der Waals surface area contributed by atoms with Crippen LogP contribution in [0.3, 0.4) is 0 Å². The van der Waals surface area contributed by atoms with Crippen LogP contribution >= 0.6 is 11.8 Å². The lowest BCUT2D eigenvalue weighted by molar-refractivity contribution is -0.127. The van der Waals surface area contributed by atoms with Crippen molar-refractivity contribution in [3.8, 4) is 5.75 Å². The molecule has 4 amide bonds. The van der Waals surface area contributed by atoms with Gasteiger partial charge in [-0.3, -0.25) is 24.1 Å². The molecule has 1 aliphatic heterocycles. The van der Waals surface area contributed by atoms with Crippen molar-refractivity contribution in [3.05, 3.63) is 64.6 Å². The minimum atomic E-state index is -0.635. The molecule has 0 saturated carbocycles. The Morgan fingerprint density at radius 1 is 1.13 bits per heavy atom. The van der Waals surface area contributed by atoms with E-state index in [0.717, 1.165) is 22.2 Å². The monoisotopic (exact) mass is 425 g/mol. The molecule has 1 heterocycles. The first-order chi connectivity index (χ1) is 14.3. The molecule has 2 aromatic carbocycles. The summed E-state index contributed by atoms with van der Waals surface area (Å²) in [6.07, 6.45) is 1.49. The first-order valence-electron chi connectivity index (χ1n) is 8.95. The molecule has 154 valence electrons. The maximum absolute atomic E-state index is 12.7. The molecule has 30 heavy (non-hydrogen) atoms. The van der Waals surface area contributed by atoms with Crippen LogP contribution in [-0.4, -0.2) is 41.0 Å². The zero-order valence-electron chi connectivity index (χ0n) is 16.1. The molecule has 1 fully saturated rings. The van der Waals surface area contributed by atoms with Gasteiger partial charge in [0.1, 0.15) is 12.3 Å². The fourth-order valence-corrected chi connectivity index (χ4v) is 3.47. The van der Waals surface area contributed by atoms with Crippen molar-refractivity contribution in [2.45, 2.75) is 6.92 Å². The zero-order valence-corrected chi connectivity index (χ0v) is 16.9. The first-order valence-corrected chi connectivity index (χ1v) is 9.77. The molecule has 0 radical (unpaired) electrons. The molecule has 2 aromatic rings. The number of carbonyl (C=O) groups excluding carboxylic acids is 4. The van der Waals surface area contributed by atoms with Crippen LogP contribution in [0.5, 0.6) is 5.75 Å². The van der Waals surface area contributed by atoms with E-state index in [1.165, 1.54) is 6.08 Å². The van der Waals surface area contributed by atoms with Crippen LogP contribution in [0.4, 0.5) is 10.5 Å². The van der Waals surface area contributed by atoms with Crippen molar-refractivity contribution in [3.63, 3.8) is 0 Å². The van der Waals surface area contributed by atoms with E-state index in [-0.39, 0.29) is 11.5 Å². The Morgan fingerprint density at radius 3 is 2.53 bits per heavy atom. The summed E-state index contributed by atoms with van der Waals surface area (Å²) in [5.74, 6) is -1.34. The summed E-state index contributed by atoms with van der Waals surface area (Å²) >= 11 is 0.731. The second kappa shape index (κ2) is 9.27. The Hall–Kier alpha value is -3.59. The van der Waals surface area contributed by atoms with Gasteiger partial charge in [-0.1, -0.05) is 35.9 Å². The maximum atomic E-state index is 12.7. The van der Waals surface area contributed by atoms with Crippen LogP contribution in [0.2, 0.25) is 0 Å². The molecule has 0 unspecified atom stereocenters. The van der Waals surface area contributed by atoms with Crippen LogP contribution in [-0.2, 0) is 14.4 Å². The van der Waals surface area contributed by atoms with E-state index < -0.39 is 29.5 Å². The van der Waals surface area contributed by atoms with Gasteiger partial charge in [0.05, 0.1) is 4.91 Å². The molecule has 0 aromatic heterocycles. The Bertz CT molecular complexity index is 1030. The summed E-state index contributed by atoms with van der Waals surface area (Å²) in [7, 11) is 0. The van der Waals surface area contributed by atoms with Crippen molar-refractivity contribution in [2.75, 3.05) is 18.5 Å². The van der Waals surface area contributed by atoms with E-state index in [1.54, 1.807) is 36.4 Å². The predicted molar refractivity (Wildman–Crippen MR) is 114 cm³/mol. The number of primary amides is 1. The highest BCUT2D eigenvalue weighted by atomic mass is 32.2. The first kappa shape index (κ1) is 21.1. The number of carbonyl (C=O) groups is 4. The van der Waals surface area contributed by atoms with Gasteiger partial charge >= 0.3 is 0 Å². The minimum Gasteiger partial charge on any atom is -0.483 e. The number of ether oxygens (including phenoxy) is 1. The molecular formula is C21H19N3O5S. The van der Waals surface area contributed by atoms with E-state index in [4.69, 9.17) is 10.5 Å². The Morgan fingerprint density at radius 2 is 1.83 bits per heavy atom. The Labute approximate surface area is 177 Å².